The molecule has 1 spiro atoms. The number of nitrogens with zero attached hydrogens (tertiary/aromatic N) is 3. The summed E-state index contributed by atoms with van der Waals surface area (Å²) in [4.78, 5) is 33.6. The number of hydrogen-bond donors (Lipinski definition) is 2. The number of hydrogen-bond acceptors (Lipinski definition) is 6. The van der Waals surface area contributed by atoms with Crippen LogP contribution in [0.2, 0.25) is 5.02 Å². The number of ether oxygens (including phenoxy) is 1. The highest BCUT2D eigenvalue weighted by Crippen LogP contribution is 2.44. The highest BCUT2D eigenvalue weighted by Gasteiger charge is 2.58. The van der Waals surface area contributed by atoms with E-state index in [1.165, 1.54) is 17.0 Å². The van der Waals surface area contributed by atoms with E-state index in [1.807, 2.05) is 13.8 Å². The van der Waals surface area contributed by atoms with E-state index in [-0.39, 0.29) is 27.9 Å². The van der Waals surface area contributed by atoms with Crippen LogP contribution in [0.15, 0.2) is 29.5 Å². The fourth-order valence-electron chi connectivity index (χ4n) is 3.52. The number of nitrogens with one attached hydrogen (secondary N) is 2. The molecule has 4 heterocycles. The number of carbonyl (C=O) groups excluding carboxylic acids is 1. The first kappa shape index (κ1) is 16.0. The number of anilines is 2. The molecular formula is C16H16ClN5O3. The molecule has 1 amide bonds. The molecule has 9 heteroatoms. The monoisotopic (exact) mass is 361 g/mol. The zero-order valence-corrected chi connectivity index (χ0v) is 14.4. The molecule has 2 N–H and O–H groups in total. The van der Waals surface area contributed by atoms with E-state index in [0.717, 1.165) is 0 Å². The molecule has 2 aromatic heterocycles. The molecule has 1 unspecified atom stereocenters. The maximum Gasteiger partial charge on any atom is 0.277 e. The third-order valence-corrected chi connectivity index (χ3v) is 5.13. The first-order valence-corrected chi connectivity index (χ1v) is 8.19. The molecule has 1 saturated heterocycles. The second-order valence-corrected chi connectivity index (χ2v) is 6.95. The Labute approximate surface area is 148 Å². The number of pyridine rings is 1. The molecule has 4 rings (SSSR count). The Balaban J connectivity index is 1.92. The lowest BCUT2D eigenvalue weighted by Gasteiger charge is -2.37. The Morgan fingerprint density at radius 2 is 2.20 bits per heavy atom. The molecule has 0 radical (unpaired) electrons. The van der Waals surface area contributed by atoms with E-state index in [4.69, 9.17) is 16.3 Å². The Hall–Kier alpha value is -2.45. The summed E-state index contributed by atoms with van der Waals surface area (Å²) in [7, 11) is 0. The highest BCUT2D eigenvalue weighted by atomic mass is 35.5. The summed E-state index contributed by atoms with van der Waals surface area (Å²) in [5, 5.41) is 6.05. The van der Waals surface area contributed by atoms with Crippen molar-refractivity contribution in [2.75, 3.05) is 11.9 Å². The Kier molecular flexibility index (Phi) is 3.38. The number of halogens is 1. The predicted octanol–water partition coefficient (Wildman–Crippen LogP) is 1.63. The molecule has 2 aliphatic heterocycles. The van der Waals surface area contributed by atoms with Gasteiger partial charge in [0, 0.05) is 12.6 Å². The smallest absolute Gasteiger partial charge is 0.277 e. The van der Waals surface area contributed by atoms with Gasteiger partial charge in [-0.25, -0.2) is 9.97 Å². The van der Waals surface area contributed by atoms with Crippen molar-refractivity contribution < 1.29 is 9.53 Å². The molecule has 1 atom stereocenters. The van der Waals surface area contributed by atoms with Crippen molar-refractivity contribution in [1.82, 2.24) is 19.9 Å². The van der Waals surface area contributed by atoms with Gasteiger partial charge in [-0.1, -0.05) is 11.6 Å². The second kappa shape index (κ2) is 5.27. The molecule has 130 valence electrons. The van der Waals surface area contributed by atoms with Crippen LogP contribution in [0.1, 0.15) is 30.8 Å². The molecule has 2 aliphatic rings. The van der Waals surface area contributed by atoms with Gasteiger partial charge in [0.25, 0.3) is 11.5 Å². The minimum atomic E-state index is -0.969. The zero-order chi connectivity index (χ0) is 17.8. The maximum absolute atomic E-state index is 13.2. The van der Waals surface area contributed by atoms with E-state index in [2.05, 4.69) is 20.6 Å². The molecule has 8 nitrogen and oxygen atoms in total. The molecular weight excluding hydrogens is 346 g/mol. The van der Waals surface area contributed by atoms with Gasteiger partial charge in [-0.3, -0.25) is 14.2 Å². The number of rotatable bonds is 2. The van der Waals surface area contributed by atoms with Crippen LogP contribution in [-0.4, -0.2) is 32.7 Å². The number of fused-ring (bicyclic) bond motifs is 2. The van der Waals surface area contributed by atoms with Crippen molar-refractivity contribution in [1.29, 1.82) is 0 Å². The Morgan fingerprint density at radius 3 is 2.84 bits per heavy atom. The van der Waals surface area contributed by atoms with Crippen LogP contribution in [0.3, 0.4) is 0 Å². The van der Waals surface area contributed by atoms with Crippen LogP contribution in [0, 0.1) is 0 Å². The normalized spacial score (nSPS) is 23.6. The largest absolute Gasteiger partial charge is 0.371 e. The summed E-state index contributed by atoms with van der Waals surface area (Å²) in [6, 6.07) is 3.08. The minimum absolute atomic E-state index is 0.151. The fourth-order valence-corrected chi connectivity index (χ4v) is 3.80. The van der Waals surface area contributed by atoms with E-state index in [0.29, 0.717) is 18.8 Å². The number of amides is 1. The lowest BCUT2D eigenvalue weighted by Crippen LogP contribution is -2.58. The van der Waals surface area contributed by atoms with E-state index in [1.54, 1.807) is 12.3 Å². The lowest BCUT2D eigenvalue weighted by atomic mass is 9.91. The number of aromatic nitrogens is 3. The van der Waals surface area contributed by atoms with Gasteiger partial charge >= 0.3 is 0 Å². The van der Waals surface area contributed by atoms with Crippen LogP contribution in [0.5, 0.6) is 0 Å². The second-order valence-electron chi connectivity index (χ2n) is 6.54. The van der Waals surface area contributed by atoms with E-state index in [9.17, 15) is 9.59 Å². The molecule has 0 aliphatic carbocycles. The lowest BCUT2D eigenvalue weighted by molar-refractivity contribution is -0.0335. The maximum atomic E-state index is 13.2. The quantitative estimate of drug-likeness (QED) is 0.843. The number of carbonyl (C=O) groups is 1. The summed E-state index contributed by atoms with van der Waals surface area (Å²) >= 11 is 6.33. The molecule has 0 aromatic carbocycles. The highest BCUT2D eigenvalue weighted by molar-refractivity contribution is 6.34. The predicted molar refractivity (Wildman–Crippen MR) is 91.1 cm³/mol. The van der Waals surface area contributed by atoms with E-state index >= 15 is 0 Å². The summed E-state index contributed by atoms with van der Waals surface area (Å²) in [5.74, 6) is 0.0752. The van der Waals surface area contributed by atoms with Crippen molar-refractivity contribution in [3.05, 3.63) is 45.7 Å². The van der Waals surface area contributed by atoms with Crippen molar-refractivity contribution in [3.63, 3.8) is 0 Å². The topological polar surface area (TPSA) is 98.1 Å². The van der Waals surface area contributed by atoms with Gasteiger partial charge in [-0.2, -0.15) is 0 Å². The van der Waals surface area contributed by atoms with Gasteiger partial charge < -0.3 is 15.4 Å². The molecule has 25 heavy (non-hydrogen) atoms. The standard InChI is InChI=1S/C16H16ClN5O3/c1-15(2)16(4-6-25-15)21-13(23)12-9(17)7-10(14(24)22(12)16)20-11-3-5-18-8-19-11/h3,5,7-8H,4,6H2,1-2H3,(H,21,23)(H,18,19,20). The van der Waals surface area contributed by atoms with Crippen LogP contribution < -0.4 is 16.2 Å². The molecule has 1 fully saturated rings. The van der Waals surface area contributed by atoms with Crippen LogP contribution in [0.25, 0.3) is 0 Å². The first-order chi connectivity index (χ1) is 11.9. The van der Waals surface area contributed by atoms with Crippen molar-refractivity contribution in [2.24, 2.45) is 0 Å². The Morgan fingerprint density at radius 1 is 1.40 bits per heavy atom. The third-order valence-electron chi connectivity index (χ3n) is 4.84. The van der Waals surface area contributed by atoms with Gasteiger partial charge in [0.1, 0.15) is 29.1 Å². The first-order valence-electron chi connectivity index (χ1n) is 7.81. The average molecular weight is 362 g/mol. The molecule has 0 bridgehead atoms. The summed E-state index contributed by atoms with van der Waals surface area (Å²) in [6.45, 7) is 4.13. The zero-order valence-electron chi connectivity index (χ0n) is 13.7. The Bertz CT molecular complexity index is 927. The van der Waals surface area contributed by atoms with Crippen LogP contribution in [0.4, 0.5) is 11.5 Å². The van der Waals surface area contributed by atoms with Crippen molar-refractivity contribution in [2.45, 2.75) is 31.5 Å². The van der Waals surface area contributed by atoms with Crippen molar-refractivity contribution >= 4 is 29.0 Å². The summed E-state index contributed by atoms with van der Waals surface area (Å²) < 4.78 is 7.20. The van der Waals surface area contributed by atoms with Crippen LogP contribution >= 0.6 is 11.6 Å². The van der Waals surface area contributed by atoms with Crippen LogP contribution in [-0.2, 0) is 10.4 Å². The van der Waals surface area contributed by atoms with E-state index < -0.39 is 11.3 Å². The summed E-state index contributed by atoms with van der Waals surface area (Å²) in [5.41, 5.74) is -1.71. The van der Waals surface area contributed by atoms with Crippen molar-refractivity contribution in [3.8, 4) is 0 Å². The average Bonchev–Trinajstić information content (AvgIpc) is 3.03. The van der Waals surface area contributed by atoms with Gasteiger partial charge in [0.05, 0.1) is 11.6 Å². The minimum Gasteiger partial charge on any atom is -0.371 e. The SMILES string of the molecule is CC1(C)OCCC12NC(=O)c1c(Cl)cc(Nc3ccncn3)c(=O)n12. The van der Waals surface area contributed by atoms with Gasteiger partial charge in [-0.15, -0.1) is 0 Å². The van der Waals surface area contributed by atoms with Gasteiger partial charge in [0.15, 0.2) is 5.66 Å². The summed E-state index contributed by atoms with van der Waals surface area (Å²) in [6.07, 6.45) is 3.41. The molecule has 0 saturated carbocycles. The molecule has 2 aromatic rings. The fraction of sp³-hybridized carbons (Fsp3) is 0.375. The van der Waals surface area contributed by atoms with Gasteiger partial charge in [0.2, 0.25) is 0 Å². The third kappa shape index (κ3) is 2.17. The van der Waals surface area contributed by atoms with Gasteiger partial charge in [-0.05, 0) is 26.0 Å².